The van der Waals surface area contributed by atoms with Gasteiger partial charge in [0.2, 0.25) is 5.91 Å². The molecule has 3 rings (SSSR count). The van der Waals surface area contributed by atoms with Gasteiger partial charge in [-0.3, -0.25) is 14.6 Å². The van der Waals surface area contributed by atoms with E-state index in [9.17, 15) is 4.79 Å². The highest BCUT2D eigenvalue weighted by atomic mass is 32.1. The van der Waals surface area contributed by atoms with Gasteiger partial charge in [-0.15, -0.1) is 17.9 Å². The second-order valence-electron chi connectivity index (χ2n) is 6.75. The molecule has 1 aromatic carbocycles. The molecule has 1 aromatic heterocycles. The largest absolute Gasteiger partial charge is 0.473 e. The van der Waals surface area contributed by atoms with E-state index in [0.29, 0.717) is 13.1 Å². The average molecular weight is 447 g/mol. The smallest absolute Gasteiger partial charge is 0.414 e. The fourth-order valence-electron chi connectivity index (χ4n) is 2.87. The standard InChI is InChI=1S/C19H24N4OS.C2H2O4/c1-2-8-20-18(24)13-22-9-11-23(12-10-22)14-19-21-17(15-25-19)16-6-4-3-5-7-16;3-1(4)2(5)6/h2-7,15H,1,8-14H2,(H,20,24);(H,3,4)(H,5,6). The molecular weight excluding hydrogens is 420 g/mol. The Morgan fingerprint density at radius 1 is 1.06 bits per heavy atom. The second kappa shape index (κ2) is 12.6. The summed E-state index contributed by atoms with van der Waals surface area (Å²) >= 11 is 1.72. The van der Waals surface area contributed by atoms with Crippen LogP contribution in [0.2, 0.25) is 0 Å². The Morgan fingerprint density at radius 3 is 2.26 bits per heavy atom. The van der Waals surface area contributed by atoms with Gasteiger partial charge in [0.05, 0.1) is 18.8 Å². The molecule has 0 saturated carbocycles. The third kappa shape index (κ3) is 8.67. The number of nitrogens with zero attached hydrogens (tertiary/aromatic N) is 3. The number of aromatic nitrogens is 1. The van der Waals surface area contributed by atoms with Crippen LogP contribution in [0.5, 0.6) is 0 Å². The van der Waals surface area contributed by atoms with Crippen LogP contribution < -0.4 is 5.32 Å². The molecule has 2 aromatic rings. The Kier molecular flexibility index (Phi) is 9.82. The van der Waals surface area contributed by atoms with Gasteiger partial charge >= 0.3 is 11.9 Å². The van der Waals surface area contributed by atoms with Crippen molar-refractivity contribution in [2.24, 2.45) is 0 Å². The molecule has 1 aliphatic heterocycles. The molecule has 166 valence electrons. The van der Waals surface area contributed by atoms with Crippen molar-refractivity contribution >= 4 is 29.2 Å². The molecule has 0 unspecified atom stereocenters. The minimum absolute atomic E-state index is 0.0702. The van der Waals surface area contributed by atoms with E-state index in [1.165, 1.54) is 5.56 Å². The first-order chi connectivity index (χ1) is 14.9. The Balaban J connectivity index is 0.000000501. The Morgan fingerprint density at radius 2 is 1.68 bits per heavy atom. The van der Waals surface area contributed by atoms with Crippen molar-refractivity contribution in [1.29, 1.82) is 0 Å². The number of amides is 1. The van der Waals surface area contributed by atoms with Gasteiger partial charge in [-0.2, -0.15) is 0 Å². The highest BCUT2D eigenvalue weighted by Gasteiger charge is 2.19. The number of carbonyl (C=O) groups is 3. The molecule has 10 heteroatoms. The lowest BCUT2D eigenvalue weighted by atomic mass is 10.2. The number of carboxylic acids is 2. The summed E-state index contributed by atoms with van der Waals surface area (Å²) in [6, 6.07) is 10.3. The van der Waals surface area contributed by atoms with E-state index in [1.807, 2.05) is 18.2 Å². The van der Waals surface area contributed by atoms with E-state index in [-0.39, 0.29) is 5.91 Å². The van der Waals surface area contributed by atoms with Crippen molar-refractivity contribution in [3.8, 4) is 11.3 Å². The topological polar surface area (TPSA) is 123 Å². The molecule has 31 heavy (non-hydrogen) atoms. The minimum atomic E-state index is -1.82. The van der Waals surface area contributed by atoms with Gasteiger partial charge in [0.15, 0.2) is 0 Å². The summed E-state index contributed by atoms with van der Waals surface area (Å²) in [5.74, 6) is -3.58. The number of hydrogen-bond donors (Lipinski definition) is 3. The fraction of sp³-hybridized carbons (Fsp3) is 0.333. The zero-order valence-corrected chi connectivity index (χ0v) is 17.9. The molecule has 0 spiro atoms. The molecule has 9 nitrogen and oxygen atoms in total. The molecule has 0 radical (unpaired) electrons. The predicted octanol–water partition coefficient (Wildman–Crippen LogP) is 1.39. The summed E-state index contributed by atoms with van der Waals surface area (Å²) in [7, 11) is 0. The summed E-state index contributed by atoms with van der Waals surface area (Å²) in [6.07, 6.45) is 1.70. The van der Waals surface area contributed by atoms with Crippen LogP contribution in [0.3, 0.4) is 0 Å². The van der Waals surface area contributed by atoms with Crippen LogP contribution in [-0.2, 0) is 20.9 Å². The Bertz CT molecular complexity index is 867. The highest BCUT2D eigenvalue weighted by molar-refractivity contribution is 7.09. The van der Waals surface area contributed by atoms with E-state index in [2.05, 4.69) is 39.2 Å². The van der Waals surface area contributed by atoms with E-state index in [4.69, 9.17) is 24.8 Å². The van der Waals surface area contributed by atoms with Gasteiger partial charge < -0.3 is 15.5 Å². The summed E-state index contributed by atoms with van der Waals surface area (Å²) in [5, 5.41) is 20.9. The number of carboxylic acid groups (broad SMARTS) is 2. The van der Waals surface area contributed by atoms with E-state index in [1.54, 1.807) is 17.4 Å². The third-order valence-electron chi connectivity index (χ3n) is 4.44. The highest BCUT2D eigenvalue weighted by Crippen LogP contribution is 2.22. The molecule has 0 bridgehead atoms. The molecule has 3 N–H and O–H groups in total. The molecule has 1 aliphatic rings. The van der Waals surface area contributed by atoms with Gasteiger partial charge in [-0.05, 0) is 0 Å². The molecule has 1 fully saturated rings. The maximum atomic E-state index is 11.8. The van der Waals surface area contributed by atoms with Crippen LogP contribution in [-0.4, -0.2) is 82.1 Å². The maximum Gasteiger partial charge on any atom is 0.414 e. The summed E-state index contributed by atoms with van der Waals surface area (Å²) in [6.45, 7) is 9.26. The van der Waals surface area contributed by atoms with Crippen molar-refractivity contribution in [3.63, 3.8) is 0 Å². The monoisotopic (exact) mass is 446 g/mol. The number of nitrogens with one attached hydrogen (secondary N) is 1. The first-order valence-electron chi connectivity index (χ1n) is 9.67. The Hall–Kier alpha value is -3.08. The molecule has 0 atom stereocenters. The van der Waals surface area contributed by atoms with Gasteiger partial charge in [0.1, 0.15) is 5.01 Å². The van der Waals surface area contributed by atoms with Gasteiger partial charge in [0.25, 0.3) is 0 Å². The predicted molar refractivity (Wildman–Crippen MR) is 118 cm³/mol. The molecular formula is C21H26N4O5S. The zero-order chi connectivity index (χ0) is 22.6. The van der Waals surface area contributed by atoms with Crippen molar-refractivity contribution in [2.75, 3.05) is 39.3 Å². The van der Waals surface area contributed by atoms with E-state index < -0.39 is 11.9 Å². The second-order valence-corrected chi connectivity index (χ2v) is 7.69. The summed E-state index contributed by atoms with van der Waals surface area (Å²) in [5.41, 5.74) is 2.22. The van der Waals surface area contributed by atoms with Crippen LogP contribution >= 0.6 is 11.3 Å². The van der Waals surface area contributed by atoms with E-state index in [0.717, 1.165) is 43.4 Å². The lowest BCUT2D eigenvalue weighted by Gasteiger charge is -2.33. The number of rotatable bonds is 7. The third-order valence-corrected chi connectivity index (χ3v) is 5.27. The maximum absolute atomic E-state index is 11.8. The van der Waals surface area contributed by atoms with Crippen LogP contribution in [0.15, 0.2) is 48.4 Å². The first-order valence-corrected chi connectivity index (χ1v) is 10.6. The number of thiazole rings is 1. The van der Waals surface area contributed by atoms with Crippen LogP contribution in [0.4, 0.5) is 0 Å². The van der Waals surface area contributed by atoms with Crippen LogP contribution in [0.1, 0.15) is 5.01 Å². The average Bonchev–Trinajstić information content (AvgIpc) is 3.23. The quantitative estimate of drug-likeness (QED) is 0.431. The fourth-order valence-corrected chi connectivity index (χ4v) is 3.71. The number of benzene rings is 1. The normalized spacial score (nSPS) is 14.2. The van der Waals surface area contributed by atoms with Crippen LogP contribution in [0.25, 0.3) is 11.3 Å². The van der Waals surface area contributed by atoms with Crippen molar-refractivity contribution in [2.45, 2.75) is 6.54 Å². The summed E-state index contributed by atoms with van der Waals surface area (Å²) < 4.78 is 0. The molecule has 1 amide bonds. The zero-order valence-electron chi connectivity index (χ0n) is 17.1. The SMILES string of the molecule is C=CCNC(=O)CN1CCN(Cc2nc(-c3ccccc3)cs2)CC1.O=C(O)C(=O)O. The molecule has 0 aliphatic carbocycles. The van der Waals surface area contributed by atoms with Gasteiger partial charge in [-0.1, -0.05) is 36.4 Å². The lowest BCUT2D eigenvalue weighted by molar-refractivity contribution is -0.159. The summed E-state index contributed by atoms with van der Waals surface area (Å²) in [4.78, 5) is 39.3. The number of aliphatic carboxylic acids is 2. The minimum Gasteiger partial charge on any atom is -0.473 e. The Labute approximate surface area is 184 Å². The first kappa shape index (κ1) is 24.2. The van der Waals surface area contributed by atoms with Crippen molar-refractivity contribution < 1.29 is 24.6 Å². The number of carbonyl (C=O) groups excluding carboxylic acids is 1. The molecule has 1 saturated heterocycles. The number of hydrogen-bond acceptors (Lipinski definition) is 7. The molecule has 2 heterocycles. The van der Waals surface area contributed by atoms with Gasteiger partial charge in [-0.25, -0.2) is 14.6 Å². The van der Waals surface area contributed by atoms with Crippen molar-refractivity contribution in [3.05, 3.63) is 53.4 Å². The van der Waals surface area contributed by atoms with Crippen LogP contribution in [0, 0.1) is 0 Å². The number of piperazine rings is 1. The van der Waals surface area contributed by atoms with E-state index >= 15 is 0 Å². The lowest BCUT2D eigenvalue weighted by Crippen LogP contribution is -2.49. The van der Waals surface area contributed by atoms with Crippen molar-refractivity contribution in [1.82, 2.24) is 20.1 Å². The van der Waals surface area contributed by atoms with Gasteiger partial charge in [0, 0.05) is 43.7 Å².